The van der Waals surface area contributed by atoms with Crippen LogP contribution in [0.15, 0.2) is 11.1 Å². The van der Waals surface area contributed by atoms with E-state index in [0.29, 0.717) is 48.5 Å². The molecule has 6 heteroatoms. The average molecular weight is 475 g/mol. The highest BCUT2D eigenvalue weighted by atomic mass is 16.6. The minimum atomic E-state index is -0.532. The van der Waals surface area contributed by atoms with E-state index in [2.05, 4.69) is 20.8 Å². The minimum absolute atomic E-state index is 0.0755. The summed E-state index contributed by atoms with van der Waals surface area (Å²) in [7, 11) is 0. The third-order valence-corrected chi connectivity index (χ3v) is 12.2. The summed E-state index contributed by atoms with van der Waals surface area (Å²) in [5, 5.41) is 31.7. The summed E-state index contributed by atoms with van der Waals surface area (Å²) in [5.41, 5.74) is 0.674. The molecule has 4 saturated carbocycles. The molecule has 2 heterocycles. The van der Waals surface area contributed by atoms with Crippen molar-refractivity contribution in [3.05, 3.63) is 11.1 Å². The second-order valence-corrected chi connectivity index (χ2v) is 13.1. The Balaban J connectivity index is 1.26. The van der Waals surface area contributed by atoms with E-state index in [0.717, 1.165) is 31.3 Å². The predicted octanol–water partition coefficient (Wildman–Crippen LogP) is 3.37. The van der Waals surface area contributed by atoms with E-state index in [1.165, 1.54) is 6.42 Å². The molecule has 0 bridgehead atoms. The molecule has 1 saturated heterocycles. The van der Waals surface area contributed by atoms with Gasteiger partial charge < -0.3 is 24.8 Å². The van der Waals surface area contributed by atoms with Crippen LogP contribution in [0, 0.1) is 40.4 Å². The number of ether oxygens (including phenoxy) is 2. The van der Waals surface area contributed by atoms with Crippen molar-refractivity contribution in [3.8, 4) is 0 Å². The van der Waals surface area contributed by atoms with E-state index in [-0.39, 0.29) is 41.5 Å². The lowest BCUT2D eigenvalue weighted by atomic mass is 9.43. The van der Waals surface area contributed by atoms with Crippen LogP contribution in [0.2, 0.25) is 0 Å². The molecule has 1 unspecified atom stereocenters. The minimum Gasteiger partial charge on any atom is -0.458 e. The monoisotopic (exact) mass is 474 g/mol. The van der Waals surface area contributed by atoms with Crippen LogP contribution in [0.4, 0.5) is 0 Å². The molecule has 4 aliphatic carbocycles. The number of esters is 1. The molecule has 6 rings (SSSR count). The van der Waals surface area contributed by atoms with Gasteiger partial charge in [0.1, 0.15) is 11.7 Å². The molecule has 6 nitrogen and oxygen atoms in total. The van der Waals surface area contributed by atoms with Gasteiger partial charge in [-0.2, -0.15) is 0 Å². The number of aliphatic hydroxyl groups is 3. The van der Waals surface area contributed by atoms with Crippen LogP contribution in [0.25, 0.3) is 0 Å². The zero-order chi connectivity index (χ0) is 24.2. The zero-order valence-corrected chi connectivity index (χ0v) is 21.1. The summed E-state index contributed by atoms with van der Waals surface area (Å²) in [5.74, 6) is 1.88. The Morgan fingerprint density at radius 3 is 2.50 bits per heavy atom. The lowest BCUT2D eigenvalue weighted by Crippen LogP contribution is -2.66. The number of hydrogen-bond donors (Lipinski definition) is 3. The summed E-state index contributed by atoms with van der Waals surface area (Å²) < 4.78 is 12.2. The first-order valence-electron chi connectivity index (χ1n) is 13.6. The quantitative estimate of drug-likeness (QED) is 0.428. The number of carbonyl (C=O) groups is 1. The number of aliphatic hydroxyl groups excluding tert-OH is 3. The smallest absolute Gasteiger partial charge is 0.336 e. The van der Waals surface area contributed by atoms with Crippen molar-refractivity contribution >= 4 is 5.97 Å². The van der Waals surface area contributed by atoms with Crippen LogP contribution in [0.3, 0.4) is 0 Å². The van der Waals surface area contributed by atoms with E-state index in [1.54, 1.807) is 0 Å². The maximum atomic E-state index is 12.5. The van der Waals surface area contributed by atoms with Gasteiger partial charge in [0.05, 0.1) is 30.5 Å². The lowest BCUT2D eigenvalue weighted by molar-refractivity contribution is -0.186. The van der Waals surface area contributed by atoms with E-state index < -0.39 is 17.8 Å². The third-order valence-electron chi connectivity index (χ3n) is 12.2. The molecule has 34 heavy (non-hydrogen) atoms. The van der Waals surface area contributed by atoms with Crippen LogP contribution in [-0.2, 0) is 14.3 Å². The lowest BCUT2D eigenvalue weighted by Gasteiger charge is -2.61. The Morgan fingerprint density at radius 1 is 1.06 bits per heavy atom. The van der Waals surface area contributed by atoms with Crippen molar-refractivity contribution in [2.24, 2.45) is 40.4 Å². The highest BCUT2D eigenvalue weighted by Crippen LogP contribution is 2.74. The van der Waals surface area contributed by atoms with Gasteiger partial charge in [-0.3, -0.25) is 0 Å². The summed E-state index contributed by atoms with van der Waals surface area (Å²) >= 11 is 0. The molecule has 3 N–H and O–H groups in total. The van der Waals surface area contributed by atoms with Crippen molar-refractivity contribution in [2.75, 3.05) is 6.61 Å². The Kier molecular flexibility index (Phi) is 5.19. The molecule has 0 aromatic rings. The Hall–Kier alpha value is -0.950. The van der Waals surface area contributed by atoms with Crippen LogP contribution in [0.1, 0.15) is 79.1 Å². The largest absolute Gasteiger partial charge is 0.458 e. The van der Waals surface area contributed by atoms with Gasteiger partial charge in [0.25, 0.3) is 0 Å². The summed E-state index contributed by atoms with van der Waals surface area (Å²) in [4.78, 5) is 12.5. The first kappa shape index (κ1) is 23.4. The van der Waals surface area contributed by atoms with Gasteiger partial charge in [0.15, 0.2) is 0 Å². The van der Waals surface area contributed by atoms with Gasteiger partial charge >= 0.3 is 5.97 Å². The third kappa shape index (κ3) is 2.75. The molecule has 0 radical (unpaired) electrons. The molecule has 12 atom stereocenters. The second kappa shape index (κ2) is 7.53. The van der Waals surface area contributed by atoms with Gasteiger partial charge in [0.2, 0.25) is 0 Å². The van der Waals surface area contributed by atoms with Gasteiger partial charge in [-0.25, -0.2) is 4.79 Å². The standard InChI is InChI=1S/C28H42O6/c1-14-11-21(33-25(32)17(14)13-29)15(2)18-5-6-19-16-12-24-28(34-24)23(31)8-7-22(30)27(28,4)20(16)9-10-26(18,19)3/h15-16,18-24,29-31H,5-13H2,1-4H3/t15-,16-,18+,19-,20-,21+,22?,23-,24+,26+,27-,28+/m0/s1. The van der Waals surface area contributed by atoms with Gasteiger partial charge in [-0.1, -0.05) is 26.3 Å². The van der Waals surface area contributed by atoms with E-state index in [4.69, 9.17) is 9.47 Å². The van der Waals surface area contributed by atoms with Crippen molar-refractivity contribution in [2.45, 2.75) is 109 Å². The fraction of sp³-hybridized carbons (Fsp3) is 0.893. The van der Waals surface area contributed by atoms with Gasteiger partial charge in [-0.15, -0.1) is 0 Å². The molecule has 1 spiro atoms. The van der Waals surface area contributed by atoms with Crippen molar-refractivity contribution in [1.29, 1.82) is 0 Å². The van der Waals surface area contributed by atoms with Crippen molar-refractivity contribution < 1.29 is 29.6 Å². The number of hydrogen-bond acceptors (Lipinski definition) is 6. The second-order valence-electron chi connectivity index (χ2n) is 13.1. The molecule has 6 aliphatic rings. The maximum absolute atomic E-state index is 12.5. The van der Waals surface area contributed by atoms with Crippen molar-refractivity contribution in [1.82, 2.24) is 0 Å². The number of rotatable bonds is 3. The first-order valence-corrected chi connectivity index (χ1v) is 13.6. The molecule has 0 aromatic heterocycles. The van der Waals surface area contributed by atoms with Crippen LogP contribution < -0.4 is 0 Å². The normalized spacial score (nSPS) is 55.0. The summed E-state index contributed by atoms with van der Waals surface area (Å²) in [6, 6.07) is 0. The number of fused-ring (bicyclic) bond motifs is 4. The fourth-order valence-electron chi connectivity index (χ4n) is 10.3. The van der Waals surface area contributed by atoms with Gasteiger partial charge in [0, 0.05) is 11.8 Å². The summed E-state index contributed by atoms with van der Waals surface area (Å²) in [6.07, 6.45) is 6.61. The molecular weight excluding hydrogens is 432 g/mol. The highest BCUT2D eigenvalue weighted by Gasteiger charge is 2.80. The highest BCUT2D eigenvalue weighted by molar-refractivity contribution is 5.90. The SMILES string of the molecule is CC1=C(CO)C(=O)O[C@@H]([C@@H](C)[C@H]2CC[C@H]3[C@@H]4C[C@H]5O[C@]56[C@@H](O)CCC(O)[C@]6(C)[C@H]4CC[C@]23C)C1. The van der Waals surface area contributed by atoms with Crippen LogP contribution >= 0.6 is 0 Å². The fourth-order valence-corrected chi connectivity index (χ4v) is 10.3. The Morgan fingerprint density at radius 2 is 1.79 bits per heavy atom. The summed E-state index contributed by atoms with van der Waals surface area (Å²) in [6.45, 7) is 8.65. The molecular formula is C28H42O6. The van der Waals surface area contributed by atoms with E-state index in [1.807, 2.05) is 6.92 Å². The molecule has 190 valence electrons. The number of carbonyl (C=O) groups excluding carboxylic acids is 1. The Bertz CT molecular complexity index is 915. The average Bonchev–Trinajstić information content (AvgIpc) is 3.43. The van der Waals surface area contributed by atoms with Crippen LogP contribution in [-0.4, -0.2) is 57.9 Å². The molecule has 2 aliphatic heterocycles. The predicted molar refractivity (Wildman–Crippen MR) is 126 cm³/mol. The van der Waals surface area contributed by atoms with E-state index >= 15 is 0 Å². The zero-order valence-electron chi connectivity index (χ0n) is 21.1. The maximum Gasteiger partial charge on any atom is 0.336 e. The topological polar surface area (TPSA) is 99.5 Å². The van der Waals surface area contributed by atoms with Crippen LogP contribution in [0.5, 0.6) is 0 Å². The Labute approximate surface area is 203 Å². The number of cyclic esters (lactones) is 1. The molecule has 5 fully saturated rings. The molecule has 0 aromatic carbocycles. The van der Waals surface area contributed by atoms with E-state index in [9.17, 15) is 20.1 Å². The van der Waals surface area contributed by atoms with Gasteiger partial charge in [-0.05, 0) is 86.9 Å². The van der Waals surface area contributed by atoms with Crippen molar-refractivity contribution in [3.63, 3.8) is 0 Å². The number of epoxide rings is 1. The molecule has 0 amide bonds. The first-order chi connectivity index (χ1) is 16.1.